The molecule has 0 saturated heterocycles. The van der Waals surface area contributed by atoms with Crippen LogP contribution in [-0.4, -0.2) is 24.0 Å². The highest BCUT2D eigenvalue weighted by Crippen LogP contribution is 2.23. The molecule has 1 saturated carbocycles. The van der Waals surface area contributed by atoms with Crippen molar-refractivity contribution in [2.24, 2.45) is 5.92 Å². The number of aliphatic hydroxyl groups is 1. The van der Waals surface area contributed by atoms with Crippen molar-refractivity contribution in [1.82, 2.24) is 5.32 Å². The van der Waals surface area contributed by atoms with Crippen LogP contribution in [0.5, 0.6) is 0 Å². The SMILES string of the molecule is CSCc1ccc(CNCC2CCC(O)CC2)o1. The van der Waals surface area contributed by atoms with Gasteiger partial charge in [-0.2, -0.15) is 11.8 Å². The average Bonchev–Trinajstić information content (AvgIpc) is 2.80. The summed E-state index contributed by atoms with van der Waals surface area (Å²) in [4.78, 5) is 0. The molecule has 0 atom stereocenters. The van der Waals surface area contributed by atoms with Crippen LogP contribution in [0.25, 0.3) is 0 Å². The molecule has 1 aliphatic rings. The lowest BCUT2D eigenvalue weighted by Gasteiger charge is -2.25. The van der Waals surface area contributed by atoms with Gasteiger partial charge in [-0.05, 0) is 56.5 Å². The minimum Gasteiger partial charge on any atom is -0.464 e. The highest BCUT2D eigenvalue weighted by Gasteiger charge is 2.18. The Labute approximate surface area is 113 Å². The Morgan fingerprint density at radius 2 is 2.00 bits per heavy atom. The molecule has 0 aromatic carbocycles. The quantitative estimate of drug-likeness (QED) is 0.833. The van der Waals surface area contributed by atoms with Crippen LogP contribution >= 0.6 is 11.8 Å². The fraction of sp³-hybridized carbons (Fsp3) is 0.714. The zero-order valence-corrected chi connectivity index (χ0v) is 11.8. The van der Waals surface area contributed by atoms with Crippen molar-refractivity contribution in [2.75, 3.05) is 12.8 Å². The molecule has 2 rings (SSSR count). The van der Waals surface area contributed by atoms with Crippen molar-refractivity contribution in [2.45, 2.75) is 44.1 Å². The van der Waals surface area contributed by atoms with Gasteiger partial charge in [-0.15, -0.1) is 0 Å². The van der Waals surface area contributed by atoms with Crippen LogP contribution in [0.1, 0.15) is 37.2 Å². The highest BCUT2D eigenvalue weighted by molar-refractivity contribution is 7.97. The third kappa shape index (κ3) is 4.34. The molecule has 1 aliphatic carbocycles. The van der Waals surface area contributed by atoms with E-state index in [2.05, 4.69) is 23.7 Å². The summed E-state index contributed by atoms with van der Waals surface area (Å²) in [6, 6.07) is 4.12. The summed E-state index contributed by atoms with van der Waals surface area (Å²) in [5.74, 6) is 3.74. The summed E-state index contributed by atoms with van der Waals surface area (Å²) in [5.41, 5.74) is 0. The summed E-state index contributed by atoms with van der Waals surface area (Å²) in [6.07, 6.45) is 6.24. The predicted octanol–water partition coefficient (Wildman–Crippen LogP) is 2.78. The molecule has 0 radical (unpaired) electrons. The minimum absolute atomic E-state index is 0.0552. The van der Waals surface area contributed by atoms with Gasteiger partial charge in [0.1, 0.15) is 11.5 Å². The summed E-state index contributed by atoms with van der Waals surface area (Å²) in [6.45, 7) is 1.85. The molecule has 0 aliphatic heterocycles. The van der Waals surface area contributed by atoms with Crippen molar-refractivity contribution >= 4 is 11.8 Å². The maximum absolute atomic E-state index is 9.45. The number of hydrogen-bond acceptors (Lipinski definition) is 4. The van der Waals surface area contributed by atoms with Gasteiger partial charge in [0.05, 0.1) is 18.4 Å². The van der Waals surface area contributed by atoms with Crippen LogP contribution in [0, 0.1) is 5.92 Å². The van der Waals surface area contributed by atoms with Crippen LogP contribution in [0.2, 0.25) is 0 Å². The van der Waals surface area contributed by atoms with Crippen LogP contribution < -0.4 is 5.32 Å². The Hall–Kier alpha value is -0.450. The van der Waals surface area contributed by atoms with E-state index in [0.717, 1.165) is 56.0 Å². The van der Waals surface area contributed by atoms with E-state index in [1.54, 1.807) is 11.8 Å². The Morgan fingerprint density at radius 3 is 2.72 bits per heavy atom. The first-order chi connectivity index (χ1) is 8.78. The number of hydrogen-bond donors (Lipinski definition) is 2. The molecule has 18 heavy (non-hydrogen) atoms. The molecule has 0 spiro atoms. The van der Waals surface area contributed by atoms with Gasteiger partial charge in [0.15, 0.2) is 0 Å². The standard InChI is InChI=1S/C14H23NO2S/c1-18-10-14-7-6-13(17-14)9-15-8-11-2-4-12(16)5-3-11/h6-7,11-12,15-16H,2-5,8-10H2,1H3. The van der Waals surface area contributed by atoms with Gasteiger partial charge < -0.3 is 14.8 Å². The fourth-order valence-electron chi connectivity index (χ4n) is 2.49. The van der Waals surface area contributed by atoms with Gasteiger partial charge >= 0.3 is 0 Å². The second kappa shape index (κ2) is 7.22. The second-order valence-corrected chi connectivity index (χ2v) is 5.97. The maximum Gasteiger partial charge on any atom is 0.117 e. The van der Waals surface area contributed by atoms with E-state index in [1.165, 1.54) is 0 Å². The van der Waals surface area contributed by atoms with Crippen LogP contribution in [0.3, 0.4) is 0 Å². The fourth-order valence-corrected chi connectivity index (χ4v) is 2.93. The van der Waals surface area contributed by atoms with E-state index in [4.69, 9.17) is 4.42 Å². The van der Waals surface area contributed by atoms with Gasteiger partial charge in [0.25, 0.3) is 0 Å². The van der Waals surface area contributed by atoms with Gasteiger partial charge in [0, 0.05) is 0 Å². The molecule has 1 heterocycles. The number of nitrogens with one attached hydrogen (secondary N) is 1. The average molecular weight is 269 g/mol. The number of furan rings is 1. The molecular weight excluding hydrogens is 246 g/mol. The first-order valence-corrected chi connectivity index (χ1v) is 8.12. The largest absolute Gasteiger partial charge is 0.464 e. The van der Waals surface area contributed by atoms with Crippen LogP contribution in [0.4, 0.5) is 0 Å². The monoisotopic (exact) mass is 269 g/mol. The van der Waals surface area contributed by atoms with Crippen molar-refractivity contribution in [3.63, 3.8) is 0 Å². The van der Waals surface area contributed by atoms with Crippen molar-refractivity contribution in [1.29, 1.82) is 0 Å². The molecule has 1 aromatic heterocycles. The van der Waals surface area contributed by atoms with E-state index in [0.29, 0.717) is 5.92 Å². The van der Waals surface area contributed by atoms with Crippen molar-refractivity contribution in [3.05, 3.63) is 23.7 Å². The topological polar surface area (TPSA) is 45.4 Å². The Kier molecular flexibility index (Phi) is 5.60. The van der Waals surface area contributed by atoms with Crippen molar-refractivity contribution < 1.29 is 9.52 Å². The van der Waals surface area contributed by atoms with Gasteiger partial charge in [-0.3, -0.25) is 0 Å². The Morgan fingerprint density at radius 1 is 1.28 bits per heavy atom. The van der Waals surface area contributed by atoms with Crippen LogP contribution in [0.15, 0.2) is 16.5 Å². The van der Waals surface area contributed by atoms with Crippen molar-refractivity contribution in [3.8, 4) is 0 Å². The molecule has 4 heteroatoms. The second-order valence-electron chi connectivity index (χ2n) is 5.11. The lowest BCUT2D eigenvalue weighted by molar-refractivity contribution is 0.108. The number of rotatable bonds is 6. The molecule has 1 fully saturated rings. The van der Waals surface area contributed by atoms with Gasteiger partial charge in [-0.1, -0.05) is 0 Å². The number of aliphatic hydroxyl groups excluding tert-OH is 1. The molecule has 2 N–H and O–H groups in total. The highest BCUT2D eigenvalue weighted by atomic mass is 32.2. The van der Waals surface area contributed by atoms with E-state index in [-0.39, 0.29) is 6.10 Å². The van der Waals surface area contributed by atoms with E-state index in [1.807, 2.05) is 0 Å². The summed E-state index contributed by atoms with van der Waals surface area (Å²) in [5, 5.41) is 12.9. The van der Waals surface area contributed by atoms with E-state index in [9.17, 15) is 5.11 Å². The zero-order chi connectivity index (χ0) is 12.8. The normalized spacial score (nSPS) is 24.3. The van der Waals surface area contributed by atoms with Crippen LogP contribution in [-0.2, 0) is 12.3 Å². The molecule has 0 amide bonds. The summed E-state index contributed by atoms with van der Waals surface area (Å²) >= 11 is 1.78. The predicted molar refractivity (Wildman–Crippen MR) is 75.6 cm³/mol. The molecular formula is C14H23NO2S. The van der Waals surface area contributed by atoms with E-state index < -0.39 is 0 Å². The molecule has 3 nitrogen and oxygen atoms in total. The Bertz CT molecular complexity index is 345. The minimum atomic E-state index is -0.0552. The summed E-state index contributed by atoms with van der Waals surface area (Å²) in [7, 11) is 0. The lowest BCUT2D eigenvalue weighted by Crippen LogP contribution is -2.27. The summed E-state index contributed by atoms with van der Waals surface area (Å²) < 4.78 is 5.71. The molecule has 1 aromatic rings. The van der Waals surface area contributed by atoms with Gasteiger partial charge in [-0.25, -0.2) is 0 Å². The smallest absolute Gasteiger partial charge is 0.117 e. The lowest BCUT2D eigenvalue weighted by atomic mass is 9.87. The third-order valence-electron chi connectivity index (χ3n) is 3.55. The maximum atomic E-state index is 9.45. The first-order valence-electron chi connectivity index (χ1n) is 6.73. The Balaban J connectivity index is 1.65. The van der Waals surface area contributed by atoms with E-state index >= 15 is 0 Å². The van der Waals surface area contributed by atoms with Gasteiger partial charge in [0.2, 0.25) is 0 Å². The molecule has 102 valence electrons. The zero-order valence-electron chi connectivity index (χ0n) is 11.0. The molecule has 0 unspecified atom stereocenters. The third-order valence-corrected chi connectivity index (χ3v) is 4.13. The molecule has 0 bridgehead atoms. The first kappa shape index (κ1) is 14.0. The number of thioether (sulfide) groups is 1.